The fourth-order valence-electron chi connectivity index (χ4n) is 3.84. The number of carboxylic acid groups (broad SMARTS) is 1. The van der Waals surface area contributed by atoms with Crippen molar-refractivity contribution in [1.29, 1.82) is 0 Å². The van der Waals surface area contributed by atoms with Crippen LogP contribution in [0.1, 0.15) is 18.4 Å². The zero-order valence-electron chi connectivity index (χ0n) is 14.9. The molecule has 0 spiro atoms. The summed E-state index contributed by atoms with van der Waals surface area (Å²) in [6.07, 6.45) is -1.24. The molecule has 0 aromatic heterocycles. The predicted molar refractivity (Wildman–Crippen MR) is 97.8 cm³/mol. The number of fused-ring (bicyclic) bond motifs is 1. The lowest BCUT2D eigenvalue weighted by Gasteiger charge is -2.33. The third kappa shape index (κ3) is 3.23. The van der Waals surface area contributed by atoms with Gasteiger partial charge in [-0.1, -0.05) is 42.5 Å². The minimum absolute atomic E-state index is 0.169. The highest BCUT2D eigenvalue weighted by Gasteiger charge is 2.44. The number of carboxylic acids is 1. The van der Waals surface area contributed by atoms with E-state index in [2.05, 4.69) is 0 Å². The highest BCUT2D eigenvalue weighted by molar-refractivity contribution is 5.84. The van der Waals surface area contributed by atoms with Gasteiger partial charge in [0.05, 0.1) is 5.92 Å². The molecule has 2 aromatic carbocycles. The summed E-state index contributed by atoms with van der Waals surface area (Å²) in [7, 11) is 0. The lowest BCUT2D eigenvalue weighted by molar-refractivity contribution is -0.144. The van der Waals surface area contributed by atoms with Crippen molar-refractivity contribution in [3.8, 4) is 11.5 Å². The minimum Gasteiger partial charge on any atom is -0.482 e. The Labute approximate surface area is 157 Å². The number of nitrogens with zero attached hydrogens (tertiary/aromatic N) is 1. The van der Waals surface area contributed by atoms with E-state index in [9.17, 15) is 14.7 Å². The van der Waals surface area contributed by atoms with Gasteiger partial charge in [0, 0.05) is 19.0 Å². The molecule has 2 aromatic rings. The standard InChI is InChI=1S/C21H21NO5/c1-13-19(27-18-10-6-5-9-17(18)26-13)20(23)22-11-15(16(12-22)21(24)25)14-7-3-2-4-8-14/h2-10,13,15-16,19H,11-12H2,1H3,(H,24,25). The molecule has 0 aliphatic carbocycles. The van der Waals surface area contributed by atoms with Gasteiger partial charge >= 0.3 is 5.97 Å². The van der Waals surface area contributed by atoms with Crippen molar-refractivity contribution in [3.63, 3.8) is 0 Å². The molecule has 27 heavy (non-hydrogen) atoms. The SMILES string of the molecule is CC1Oc2ccccc2OC1C(=O)N1CC(C(=O)O)C(c2ccccc2)C1. The topological polar surface area (TPSA) is 76.1 Å². The Morgan fingerprint density at radius 3 is 2.26 bits per heavy atom. The van der Waals surface area contributed by atoms with Gasteiger partial charge < -0.3 is 19.5 Å². The molecule has 2 aliphatic rings. The molecule has 4 rings (SSSR count). The Bertz CT molecular complexity index is 853. The van der Waals surface area contributed by atoms with E-state index in [0.717, 1.165) is 5.56 Å². The smallest absolute Gasteiger partial charge is 0.308 e. The summed E-state index contributed by atoms with van der Waals surface area (Å²) >= 11 is 0. The highest BCUT2D eigenvalue weighted by atomic mass is 16.6. The third-order valence-corrected chi connectivity index (χ3v) is 5.26. The quantitative estimate of drug-likeness (QED) is 0.902. The molecule has 140 valence electrons. The molecule has 1 fully saturated rings. The second-order valence-electron chi connectivity index (χ2n) is 7.01. The summed E-state index contributed by atoms with van der Waals surface area (Å²) in [5, 5.41) is 9.64. The maximum absolute atomic E-state index is 13.1. The molecule has 6 heteroatoms. The number of aliphatic carboxylic acids is 1. The summed E-state index contributed by atoms with van der Waals surface area (Å²) in [4.78, 5) is 26.4. The van der Waals surface area contributed by atoms with Crippen LogP contribution in [-0.2, 0) is 9.59 Å². The van der Waals surface area contributed by atoms with Crippen LogP contribution in [0.15, 0.2) is 54.6 Å². The van der Waals surface area contributed by atoms with E-state index in [0.29, 0.717) is 18.0 Å². The van der Waals surface area contributed by atoms with Gasteiger partial charge in [0.1, 0.15) is 6.10 Å². The van der Waals surface area contributed by atoms with Crippen LogP contribution in [0.2, 0.25) is 0 Å². The minimum atomic E-state index is -0.890. The van der Waals surface area contributed by atoms with Crippen molar-refractivity contribution in [2.75, 3.05) is 13.1 Å². The van der Waals surface area contributed by atoms with Crippen LogP contribution in [0, 0.1) is 5.92 Å². The van der Waals surface area contributed by atoms with Crippen LogP contribution >= 0.6 is 0 Å². The van der Waals surface area contributed by atoms with Gasteiger partial charge in [-0.25, -0.2) is 0 Å². The van der Waals surface area contributed by atoms with E-state index in [4.69, 9.17) is 9.47 Å². The second-order valence-corrected chi connectivity index (χ2v) is 7.01. The number of ether oxygens (including phenoxy) is 2. The summed E-state index contributed by atoms with van der Waals surface area (Å²) in [5.74, 6) is -0.855. The number of carbonyl (C=O) groups excluding carboxylic acids is 1. The Kier molecular flexibility index (Phi) is 4.48. The Hall–Kier alpha value is -3.02. The Morgan fingerprint density at radius 1 is 0.963 bits per heavy atom. The van der Waals surface area contributed by atoms with Crippen molar-refractivity contribution < 1.29 is 24.2 Å². The van der Waals surface area contributed by atoms with Gasteiger partial charge in [0.25, 0.3) is 5.91 Å². The van der Waals surface area contributed by atoms with Crippen molar-refractivity contribution >= 4 is 11.9 Å². The lowest BCUT2D eigenvalue weighted by atomic mass is 9.89. The van der Waals surface area contributed by atoms with E-state index < -0.39 is 24.1 Å². The normalized spacial score (nSPS) is 26.6. The molecule has 4 unspecified atom stereocenters. The first kappa shape index (κ1) is 17.4. The van der Waals surface area contributed by atoms with E-state index >= 15 is 0 Å². The lowest BCUT2D eigenvalue weighted by Crippen LogP contribution is -2.50. The first-order valence-corrected chi connectivity index (χ1v) is 9.03. The molecule has 2 heterocycles. The summed E-state index contributed by atoms with van der Waals surface area (Å²) in [6, 6.07) is 16.7. The Balaban J connectivity index is 1.55. The summed E-state index contributed by atoms with van der Waals surface area (Å²) < 4.78 is 11.7. The molecule has 6 nitrogen and oxygen atoms in total. The van der Waals surface area contributed by atoms with Gasteiger partial charge in [-0.15, -0.1) is 0 Å². The van der Waals surface area contributed by atoms with Crippen LogP contribution in [0.4, 0.5) is 0 Å². The number of amides is 1. The monoisotopic (exact) mass is 367 g/mol. The van der Waals surface area contributed by atoms with Gasteiger partial charge in [-0.05, 0) is 24.6 Å². The highest BCUT2D eigenvalue weighted by Crippen LogP contribution is 2.37. The van der Waals surface area contributed by atoms with E-state index in [-0.39, 0.29) is 18.4 Å². The molecule has 2 aliphatic heterocycles. The summed E-state index contributed by atoms with van der Waals surface area (Å²) in [5.41, 5.74) is 0.930. The van der Waals surface area contributed by atoms with E-state index in [1.165, 1.54) is 0 Å². The van der Waals surface area contributed by atoms with Crippen molar-refractivity contribution in [2.24, 2.45) is 5.92 Å². The molecule has 0 saturated carbocycles. The molecule has 0 bridgehead atoms. The van der Waals surface area contributed by atoms with E-state index in [1.807, 2.05) is 42.5 Å². The van der Waals surface area contributed by atoms with Crippen molar-refractivity contribution in [2.45, 2.75) is 25.0 Å². The second kappa shape index (κ2) is 6.95. The van der Waals surface area contributed by atoms with Gasteiger partial charge in [-0.3, -0.25) is 9.59 Å². The predicted octanol–water partition coefficient (Wildman–Crippen LogP) is 2.54. The van der Waals surface area contributed by atoms with Crippen molar-refractivity contribution in [1.82, 2.24) is 4.90 Å². The number of rotatable bonds is 3. The van der Waals surface area contributed by atoms with Crippen molar-refractivity contribution in [3.05, 3.63) is 60.2 Å². The number of carbonyl (C=O) groups is 2. The third-order valence-electron chi connectivity index (χ3n) is 5.26. The first-order valence-electron chi connectivity index (χ1n) is 9.03. The van der Waals surface area contributed by atoms with Crippen LogP contribution in [-0.4, -0.2) is 47.2 Å². The summed E-state index contributed by atoms with van der Waals surface area (Å²) in [6.45, 7) is 2.31. The number of para-hydroxylation sites is 2. The maximum atomic E-state index is 13.1. The molecular weight excluding hydrogens is 346 g/mol. The maximum Gasteiger partial charge on any atom is 0.308 e. The fraction of sp³-hybridized carbons (Fsp3) is 0.333. The zero-order valence-corrected chi connectivity index (χ0v) is 14.9. The fourth-order valence-corrected chi connectivity index (χ4v) is 3.84. The van der Waals surface area contributed by atoms with Crippen LogP contribution in [0.3, 0.4) is 0 Å². The van der Waals surface area contributed by atoms with Crippen LogP contribution < -0.4 is 9.47 Å². The van der Waals surface area contributed by atoms with Crippen LogP contribution in [0.5, 0.6) is 11.5 Å². The molecular formula is C21H21NO5. The number of likely N-dealkylation sites (tertiary alicyclic amines) is 1. The molecule has 1 saturated heterocycles. The average molecular weight is 367 g/mol. The molecule has 4 atom stereocenters. The first-order chi connectivity index (χ1) is 13.0. The van der Waals surface area contributed by atoms with Gasteiger partial charge in [0.2, 0.25) is 6.10 Å². The van der Waals surface area contributed by atoms with Gasteiger partial charge in [-0.2, -0.15) is 0 Å². The Morgan fingerprint density at radius 2 is 1.59 bits per heavy atom. The number of hydrogen-bond acceptors (Lipinski definition) is 4. The number of hydrogen-bond donors (Lipinski definition) is 1. The van der Waals surface area contributed by atoms with Crippen LogP contribution in [0.25, 0.3) is 0 Å². The molecule has 0 radical (unpaired) electrons. The van der Waals surface area contributed by atoms with E-state index in [1.54, 1.807) is 24.0 Å². The zero-order chi connectivity index (χ0) is 19.0. The average Bonchev–Trinajstić information content (AvgIpc) is 3.13. The molecule has 1 amide bonds. The molecule has 1 N–H and O–H groups in total. The number of benzene rings is 2. The van der Waals surface area contributed by atoms with Gasteiger partial charge in [0.15, 0.2) is 11.5 Å². The largest absolute Gasteiger partial charge is 0.482 e.